The fourth-order valence-electron chi connectivity index (χ4n) is 3.30. The lowest BCUT2D eigenvalue weighted by molar-refractivity contribution is 0.105. The largest absolute Gasteiger partial charge is 0.394 e. The van der Waals surface area contributed by atoms with E-state index in [0.717, 1.165) is 18.2 Å². The van der Waals surface area contributed by atoms with E-state index in [1.165, 1.54) is 6.07 Å². The number of nitrogens with one attached hydrogen (secondary N) is 4. The second-order valence-corrected chi connectivity index (χ2v) is 13.1. The molecular weight excluding hydrogens is 646 g/mol. The summed E-state index contributed by atoms with van der Waals surface area (Å²) in [7, 11) is -13.8. The Balaban J connectivity index is 1.86. The van der Waals surface area contributed by atoms with Crippen LogP contribution < -0.4 is 20.7 Å². The number of aliphatic hydroxyl groups is 2. The van der Waals surface area contributed by atoms with Crippen molar-refractivity contribution in [3.8, 4) is 12.1 Å². The first kappa shape index (κ1) is 34.0. The van der Waals surface area contributed by atoms with E-state index in [-0.39, 0.29) is 47.6 Å². The lowest BCUT2D eigenvalue weighted by Crippen LogP contribution is -2.29. The van der Waals surface area contributed by atoms with Crippen molar-refractivity contribution in [2.45, 2.75) is 20.8 Å². The monoisotopic (exact) mass is 669 g/mol. The van der Waals surface area contributed by atoms with Crippen LogP contribution in [0.1, 0.15) is 11.1 Å². The molecule has 0 aliphatic heterocycles. The van der Waals surface area contributed by atoms with Crippen LogP contribution in [0, 0.1) is 22.7 Å². The van der Waals surface area contributed by atoms with Crippen molar-refractivity contribution in [3.05, 3.63) is 47.5 Å². The topological polar surface area (TPSA) is 318 Å². The smallest absolute Gasteiger partial charge is 0.296 e. The summed E-state index contributed by atoms with van der Waals surface area (Å²) < 4.78 is 93.4. The Morgan fingerprint density at radius 3 is 1.98 bits per heavy atom. The third kappa shape index (κ3) is 8.99. The molecular formula is C22H23N9O10S3. The van der Waals surface area contributed by atoms with Crippen molar-refractivity contribution >= 4 is 53.8 Å². The van der Waals surface area contributed by atoms with Gasteiger partial charge in [0.2, 0.25) is 27.9 Å². The number of nitriles is 2. The van der Waals surface area contributed by atoms with Crippen LogP contribution in [0.4, 0.5) is 23.5 Å². The summed E-state index contributed by atoms with van der Waals surface area (Å²) in [5.41, 5.74) is -0.700. The molecule has 2 aromatic carbocycles. The van der Waals surface area contributed by atoms with Gasteiger partial charge in [-0.1, -0.05) is 0 Å². The maximum Gasteiger partial charge on any atom is 0.296 e. The molecule has 44 heavy (non-hydrogen) atoms. The van der Waals surface area contributed by atoms with Crippen LogP contribution in [-0.2, 0) is 30.3 Å². The van der Waals surface area contributed by atoms with Gasteiger partial charge in [0.05, 0.1) is 39.3 Å². The minimum absolute atomic E-state index is 0.00305. The van der Waals surface area contributed by atoms with Crippen molar-refractivity contribution in [3.63, 3.8) is 0 Å². The molecule has 1 heterocycles. The molecule has 3 aromatic rings. The van der Waals surface area contributed by atoms with Gasteiger partial charge in [-0.25, -0.2) is 13.1 Å². The molecule has 0 aliphatic carbocycles. The Morgan fingerprint density at radius 1 is 0.773 bits per heavy atom. The van der Waals surface area contributed by atoms with Crippen LogP contribution in [0.2, 0.25) is 0 Å². The minimum atomic E-state index is -4.92. The second kappa shape index (κ2) is 13.8. The van der Waals surface area contributed by atoms with Gasteiger partial charge in [0, 0.05) is 19.6 Å². The molecule has 0 bridgehead atoms. The van der Waals surface area contributed by atoms with Gasteiger partial charge < -0.3 is 26.2 Å². The Morgan fingerprint density at radius 2 is 1.39 bits per heavy atom. The first-order valence-corrected chi connectivity index (χ1v) is 16.3. The minimum Gasteiger partial charge on any atom is -0.394 e. The summed E-state index contributed by atoms with van der Waals surface area (Å²) in [6, 6.07) is 9.01. The molecule has 0 saturated carbocycles. The number of benzene rings is 2. The molecule has 3 rings (SSSR count). The van der Waals surface area contributed by atoms with Crippen LogP contribution >= 0.6 is 0 Å². The molecule has 234 valence electrons. The normalized spacial score (nSPS) is 12.5. The third-order valence-corrected chi connectivity index (χ3v) is 8.58. The second-order valence-electron chi connectivity index (χ2n) is 8.51. The maximum absolute atomic E-state index is 12.6. The predicted octanol–water partition coefficient (Wildman–Crippen LogP) is -0.993. The van der Waals surface area contributed by atoms with E-state index in [4.69, 9.17) is 15.6 Å². The van der Waals surface area contributed by atoms with Crippen LogP contribution in [0.5, 0.6) is 0 Å². The van der Waals surface area contributed by atoms with Crippen LogP contribution in [-0.4, -0.2) is 91.9 Å². The Hall–Kier alpha value is -4.52. The van der Waals surface area contributed by atoms with Crippen LogP contribution in [0.3, 0.4) is 0 Å². The summed E-state index contributed by atoms with van der Waals surface area (Å²) in [6.07, 6.45) is -1.24. The summed E-state index contributed by atoms with van der Waals surface area (Å²) >= 11 is 0. The number of rotatable bonds is 14. The maximum atomic E-state index is 12.6. The first-order valence-electron chi connectivity index (χ1n) is 11.9. The van der Waals surface area contributed by atoms with Crippen molar-refractivity contribution in [1.82, 2.24) is 19.7 Å². The number of anilines is 4. The molecule has 19 nitrogen and oxygen atoms in total. The highest BCUT2D eigenvalue weighted by Crippen LogP contribution is 2.27. The van der Waals surface area contributed by atoms with E-state index in [1.54, 1.807) is 12.1 Å². The highest BCUT2D eigenvalue weighted by molar-refractivity contribution is 7.89. The molecule has 0 radical (unpaired) electrons. The van der Waals surface area contributed by atoms with Gasteiger partial charge in [-0.05, 0) is 36.4 Å². The number of hydrogen-bond acceptors (Lipinski definition) is 16. The van der Waals surface area contributed by atoms with E-state index in [9.17, 15) is 39.5 Å². The molecule has 0 aliphatic rings. The van der Waals surface area contributed by atoms with E-state index >= 15 is 0 Å². The SMILES string of the molecule is N#Cc1ccc(S(=O)(=O)NCCNc2nc(NCC(O)CO)nc(Nc3cc(S(=O)(=O)O)ccc3S(=O)(=O)O)n2)cc1C#N. The molecule has 1 atom stereocenters. The van der Waals surface area contributed by atoms with Crippen molar-refractivity contribution in [2.24, 2.45) is 0 Å². The van der Waals surface area contributed by atoms with Gasteiger partial charge in [-0.3, -0.25) is 9.11 Å². The fourth-order valence-corrected chi connectivity index (χ4v) is 5.49. The number of aromatic nitrogens is 3. The van der Waals surface area contributed by atoms with Gasteiger partial charge >= 0.3 is 0 Å². The third-order valence-electron chi connectivity index (χ3n) is 5.36. The average molecular weight is 670 g/mol. The van der Waals surface area contributed by atoms with E-state index in [0.29, 0.717) is 12.1 Å². The Bertz CT molecular complexity index is 1960. The average Bonchev–Trinajstić information content (AvgIpc) is 2.96. The number of aliphatic hydroxyl groups excluding tert-OH is 2. The summed E-state index contributed by atoms with van der Waals surface area (Å²) in [5, 5.41) is 44.5. The lowest BCUT2D eigenvalue weighted by Gasteiger charge is -2.14. The van der Waals surface area contributed by atoms with Gasteiger partial charge in [0.15, 0.2) is 0 Å². The highest BCUT2D eigenvalue weighted by Gasteiger charge is 2.21. The molecule has 0 fully saturated rings. The number of nitrogens with zero attached hydrogens (tertiary/aromatic N) is 5. The van der Waals surface area contributed by atoms with Gasteiger partial charge in [0.25, 0.3) is 20.2 Å². The van der Waals surface area contributed by atoms with Gasteiger partial charge in [-0.15, -0.1) is 0 Å². The van der Waals surface area contributed by atoms with Crippen molar-refractivity contribution in [2.75, 3.05) is 42.2 Å². The van der Waals surface area contributed by atoms with Crippen molar-refractivity contribution in [1.29, 1.82) is 10.5 Å². The zero-order valence-corrected chi connectivity index (χ0v) is 24.5. The van der Waals surface area contributed by atoms with Gasteiger partial charge in [0.1, 0.15) is 17.0 Å². The molecule has 0 spiro atoms. The zero-order chi connectivity index (χ0) is 32.7. The Kier molecular flexibility index (Phi) is 10.7. The van der Waals surface area contributed by atoms with Crippen LogP contribution in [0.25, 0.3) is 0 Å². The standard InChI is InChI=1S/C22H23N9O10S3/c23-9-13-1-2-16(7-14(13)10-24)42(34,35)27-6-5-25-20-29-21(26-11-15(33)12-32)31-22(30-20)28-18-8-17(43(36,37)38)3-4-19(18)44(39,40)41/h1-4,7-8,15,27,32-33H,5-6,11-12H2,(H,36,37,38)(H,39,40,41)(H3,25,26,28,29,30,31). The fraction of sp³-hybridized carbons (Fsp3) is 0.227. The molecule has 0 saturated heterocycles. The van der Waals surface area contributed by atoms with E-state index in [2.05, 4.69) is 35.6 Å². The van der Waals surface area contributed by atoms with E-state index in [1.807, 2.05) is 0 Å². The number of sulfonamides is 1. The van der Waals surface area contributed by atoms with E-state index < -0.39 is 64.4 Å². The Labute approximate surface area is 250 Å². The number of hydrogen-bond donors (Lipinski definition) is 8. The predicted molar refractivity (Wildman–Crippen MR) is 150 cm³/mol. The molecule has 1 unspecified atom stereocenters. The molecule has 1 aromatic heterocycles. The van der Waals surface area contributed by atoms with Crippen LogP contribution in [0.15, 0.2) is 51.1 Å². The first-order chi connectivity index (χ1) is 20.6. The van der Waals surface area contributed by atoms with Gasteiger partial charge in [-0.2, -0.15) is 42.3 Å². The lowest BCUT2D eigenvalue weighted by atomic mass is 10.1. The molecule has 22 heteroatoms. The molecule has 0 amide bonds. The van der Waals surface area contributed by atoms with Crippen molar-refractivity contribution < 1.29 is 44.6 Å². The zero-order valence-electron chi connectivity index (χ0n) is 22.1. The molecule has 8 N–H and O–H groups in total. The summed E-state index contributed by atoms with van der Waals surface area (Å²) in [5.74, 6) is -0.936. The quantitative estimate of drug-likeness (QED) is 0.0754. The summed E-state index contributed by atoms with van der Waals surface area (Å²) in [6.45, 7) is -1.29. The summed E-state index contributed by atoms with van der Waals surface area (Å²) in [4.78, 5) is 10.2. The highest BCUT2D eigenvalue weighted by atomic mass is 32.2.